The van der Waals surface area contributed by atoms with E-state index in [2.05, 4.69) is 0 Å². The Bertz CT molecular complexity index is 108. The summed E-state index contributed by atoms with van der Waals surface area (Å²) in [4.78, 5) is 0. The lowest BCUT2D eigenvalue weighted by Crippen LogP contribution is -2.54. The van der Waals surface area contributed by atoms with Crippen molar-refractivity contribution in [1.82, 2.24) is 0 Å². The number of aliphatic hydroxyl groups excluding tert-OH is 1. The van der Waals surface area contributed by atoms with Crippen LogP contribution in [0, 0.1) is 0 Å². The van der Waals surface area contributed by atoms with Gasteiger partial charge in [0.25, 0.3) is 0 Å². The monoisotopic (exact) mass is 146 g/mol. The molecule has 0 aromatic rings. The zero-order chi connectivity index (χ0) is 7.72. The van der Waals surface area contributed by atoms with Crippen LogP contribution in [0.2, 0.25) is 0 Å². The molecule has 0 radical (unpaired) electrons. The number of aliphatic hydroxyl groups is 1. The van der Waals surface area contributed by atoms with Gasteiger partial charge in [0.05, 0.1) is 12.2 Å². The molecule has 60 valence electrons. The molecular formula is C6H12NO3-. The highest BCUT2D eigenvalue weighted by atomic mass is 16.6. The minimum absolute atomic E-state index is 0.200. The number of ether oxygens (including phenoxy) is 1. The molecule has 10 heavy (non-hydrogen) atoms. The van der Waals surface area contributed by atoms with Crippen LogP contribution in [0.15, 0.2) is 0 Å². The molecule has 3 N–H and O–H groups in total. The van der Waals surface area contributed by atoms with Crippen molar-refractivity contribution in [3.63, 3.8) is 0 Å². The third-order valence-electron chi connectivity index (χ3n) is 1.75. The molecule has 1 heterocycles. The molecule has 4 heteroatoms. The van der Waals surface area contributed by atoms with Gasteiger partial charge in [0.2, 0.25) is 0 Å². The van der Waals surface area contributed by atoms with E-state index in [1.54, 1.807) is 6.92 Å². The van der Waals surface area contributed by atoms with Gasteiger partial charge in [0.1, 0.15) is 0 Å². The van der Waals surface area contributed by atoms with Gasteiger partial charge in [-0.1, -0.05) is 0 Å². The minimum atomic E-state index is -1.06. The van der Waals surface area contributed by atoms with Gasteiger partial charge in [-0.15, -0.1) is 0 Å². The standard InChI is InChI=1S/C6H12NO3/c1-3-6(9)4(7)2-5(8)10-3/h3-6,9H,2,7H2,1H3/q-1. The molecule has 0 aromatic carbocycles. The number of rotatable bonds is 0. The van der Waals surface area contributed by atoms with Crippen molar-refractivity contribution < 1.29 is 14.9 Å². The Morgan fingerprint density at radius 2 is 2.30 bits per heavy atom. The highest BCUT2D eigenvalue weighted by Crippen LogP contribution is 2.14. The van der Waals surface area contributed by atoms with Gasteiger partial charge in [-0.05, 0) is 19.6 Å². The van der Waals surface area contributed by atoms with Crippen LogP contribution in [0.5, 0.6) is 0 Å². The molecule has 1 fully saturated rings. The molecule has 4 atom stereocenters. The summed E-state index contributed by atoms with van der Waals surface area (Å²) in [5, 5.41) is 19.9. The molecule has 1 rings (SSSR count). The average molecular weight is 146 g/mol. The second-order valence-electron chi connectivity index (χ2n) is 2.66. The highest BCUT2D eigenvalue weighted by molar-refractivity contribution is 4.81. The van der Waals surface area contributed by atoms with E-state index < -0.39 is 24.5 Å². The van der Waals surface area contributed by atoms with Gasteiger partial charge in [0.15, 0.2) is 0 Å². The maximum atomic E-state index is 10.7. The first-order chi connectivity index (χ1) is 4.61. The Morgan fingerprint density at radius 1 is 1.70 bits per heavy atom. The van der Waals surface area contributed by atoms with Crippen molar-refractivity contribution in [1.29, 1.82) is 0 Å². The lowest BCUT2D eigenvalue weighted by Gasteiger charge is -2.39. The van der Waals surface area contributed by atoms with Gasteiger partial charge >= 0.3 is 0 Å². The van der Waals surface area contributed by atoms with E-state index in [0.717, 1.165) is 0 Å². The summed E-state index contributed by atoms with van der Waals surface area (Å²) in [6.07, 6.45) is -1.98. The first-order valence-electron chi connectivity index (χ1n) is 3.36. The van der Waals surface area contributed by atoms with Crippen LogP contribution in [0.3, 0.4) is 0 Å². The SMILES string of the molecule is CC1OC([O-])CC(N)C1O. The largest absolute Gasteiger partial charge is 0.831 e. The van der Waals surface area contributed by atoms with Crippen molar-refractivity contribution in [2.75, 3.05) is 0 Å². The predicted molar refractivity (Wildman–Crippen MR) is 32.9 cm³/mol. The first kappa shape index (κ1) is 7.94. The number of hydrogen-bond donors (Lipinski definition) is 2. The Kier molecular flexibility index (Phi) is 2.25. The summed E-state index contributed by atoms with van der Waals surface area (Å²) in [6, 6.07) is -0.425. The van der Waals surface area contributed by atoms with Crippen LogP contribution in [-0.2, 0) is 4.74 Å². The molecule has 0 aliphatic carbocycles. The Hall–Kier alpha value is -0.160. The molecular weight excluding hydrogens is 134 g/mol. The normalized spacial score (nSPS) is 49.2. The fourth-order valence-electron chi connectivity index (χ4n) is 1.09. The summed E-state index contributed by atoms with van der Waals surface area (Å²) in [5.41, 5.74) is 5.43. The zero-order valence-electron chi connectivity index (χ0n) is 5.86. The van der Waals surface area contributed by atoms with E-state index in [1.807, 2.05) is 0 Å². The maximum absolute atomic E-state index is 10.7. The summed E-state index contributed by atoms with van der Waals surface area (Å²) in [6.45, 7) is 1.65. The van der Waals surface area contributed by atoms with Crippen molar-refractivity contribution in [3.8, 4) is 0 Å². The van der Waals surface area contributed by atoms with E-state index in [1.165, 1.54) is 0 Å². The van der Waals surface area contributed by atoms with Crippen LogP contribution in [0.25, 0.3) is 0 Å². The van der Waals surface area contributed by atoms with Crippen LogP contribution < -0.4 is 10.8 Å². The first-order valence-corrected chi connectivity index (χ1v) is 3.36. The fourth-order valence-corrected chi connectivity index (χ4v) is 1.09. The number of nitrogens with two attached hydrogens (primary N) is 1. The van der Waals surface area contributed by atoms with E-state index in [-0.39, 0.29) is 6.42 Å². The van der Waals surface area contributed by atoms with Gasteiger partial charge in [0, 0.05) is 6.04 Å². The molecule has 4 unspecified atom stereocenters. The average Bonchev–Trinajstić information content (AvgIpc) is 1.82. The third-order valence-corrected chi connectivity index (χ3v) is 1.75. The minimum Gasteiger partial charge on any atom is -0.831 e. The topological polar surface area (TPSA) is 78.5 Å². The van der Waals surface area contributed by atoms with Crippen molar-refractivity contribution in [2.45, 2.75) is 37.9 Å². The molecule has 0 saturated carbocycles. The fraction of sp³-hybridized carbons (Fsp3) is 1.00. The molecule has 0 spiro atoms. The summed E-state index contributed by atoms with van der Waals surface area (Å²) >= 11 is 0. The quantitative estimate of drug-likeness (QED) is 0.421. The van der Waals surface area contributed by atoms with Gasteiger partial charge in [-0.2, -0.15) is 0 Å². The van der Waals surface area contributed by atoms with Crippen LogP contribution in [0.1, 0.15) is 13.3 Å². The van der Waals surface area contributed by atoms with Crippen molar-refractivity contribution in [2.24, 2.45) is 5.73 Å². The summed E-state index contributed by atoms with van der Waals surface area (Å²) < 4.78 is 4.78. The van der Waals surface area contributed by atoms with Crippen LogP contribution in [0.4, 0.5) is 0 Å². The second-order valence-corrected chi connectivity index (χ2v) is 2.66. The Labute approximate surface area is 59.6 Å². The molecule has 4 nitrogen and oxygen atoms in total. The Morgan fingerprint density at radius 3 is 2.80 bits per heavy atom. The van der Waals surface area contributed by atoms with Crippen molar-refractivity contribution in [3.05, 3.63) is 0 Å². The highest BCUT2D eigenvalue weighted by Gasteiger charge is 2.28. The van der Waals surface area contributed by atoms with Crippen molar-refractivity contribution >= 4 is 0 Å². The van der Waals surface area contributed by atoms with E-state index >= 15 is 0 Å². The smallest absolute Gasteiger partial charge is 0.0949 e. The molecule has 1 aliphatic heterocycles. The number of hydrogen-bond acceptors (Lipinski definition) is 4. The van der Waals surface area contributed by atoms with Gasteiger partial charge in [-0.25, -0.2) is 0 Å². The lowest BCUT2D eigenvalue weighted by atomic mass is 10.0. The summed E-state index contributed by atoms with van der Waals surface area (Å²) in [5.74, 6) is 0. The molecule has 0 amide bonds. The second kappa shape index (κ2) is 2.84. The third kappa shape index (κ3) is 1.46. The molecule has 1 aliphatic rings. The maximum Gasteiger partial charge on any atom is 0.0949 e. The zero-order valence-corrected chi connectivity index (χ0v) is 5.86. The molecule has 0 aromatic heterocycles. The predicted octanol–water partition coefficient (Wildman–Crippen LogP) is -1.83. The van der Waals surface area contributed by atoms with Crippen LogP contribution in [-0.4, -0.2) is 29.6 Å². The molecule has 1 saturated heterocycles. The van der Waals surface area contributed by atoms with Gasteiger partial charge in [-0.3, -0.25) is 0 Å². The van der Waals surface area contributed by atoms with E-state index in [0.29, 0.717) is 0 Å². The van der Waals surface area contributed by atoms with Gasteiger partial charge < -0.3 is 20.7 Å². The van der Waals surface area contributed by atoms with E-state index in [4.69, 9.17) is 10.5 Å². The van der Waals surface area contributed by atoms with Crippen LogP contribution >= 0.6 is 0 Å². The van der Waals surface area contributed by atoms with E-state index in [9.17, 15) is 10.2 Å². The Balaban J connectivity index is 2.49. The summed E-state index contributed by atoms with van der Waals surface area (Å²) in [7, 11) is 0. The lowest BCUT2D eigenvalue weighted by molar-refractivity contribution is -0.508. The molecule has 0 bridgehead atoms.